The average Bonchev–Trinajstić information content (AvgIpc) is 3.52. The number of nitrogens with one attached hydrogen (secondary N) is 2. The summed E-state index contributed by atoms with van der Waals surface area (Å²) in [4.78, 5) is 23.2. The van der Waals surface area contributed by atoms with Gasteiger partial charge in [0.25, 0.3) is 0 Å². The Labute approximate surface area is 341 Å². The number of methoxy groups -OCH3 is 1. The van der Waals surface area contributed by atoms with Crippen LogP contribution in [0.15, 0.2) is 0 Å². The summed E-state index contributed by atoms with van der Waals surface area (Å²) >= 11 is 0. The Hall–Kier alpha value is -0.850. The van der Waals surface area contributed by atoms with Crippen LogP contribution in [0.5, 0.6) is 0 Å². The smallest absolute Gasteiger partial charge is 0.240 e. The second-order valence-corrected chi connectivity index (χ2v) is 21.7. The van der Waals surface area contributed by atoms with Gasteiger partial charge in [0, 0.05) is 37.6 Å². The van der Waals surface area contributed by atoms with Gasteiger partial charge in [0.05, 0.1) is 18.8 Å². The molecule has 0 aromatic carbocycles. The number of carbonyl (C=O) groups excluding carboxylic acids is 1. The molecule has 326 valence electrons. The molecule has 2 bridgehead atoms. The highest BCUT2D eigenvalue weighted by Crippen LogP contribution is 2.61. The number of nitrogens with zero attached hydrogens (tertiary/aromatic N) is 2. The van der Waals surface area contributed by atoms with Crippen molar-refractivity contribution in [1.82, 2.24) is 20.6 Å². The van der Waals surface area contributed by atoms with Gasteiger partial charge in [0.1, 0.15) is 18.4 Å². The fraction of sp³-hybridized carbons (Fsp3) is 0.978. The fourth-order valence-corrected chi connectivity index (χ4v) is 12.5. The van der Waals surface area contributed by atoms with E-state index in [1.54, 1.807) is 12.0 Å². The van der Waals surface area contributed by atoms with Gasteiger partial charge < -0.3 is 30.3 Å². The Morgan fingerprint density at radius 1 is 1.02 bits per heavy atom. The number of hydrogen-bond acceptors (Lipinski definition) is 9. The molecule has 6 aliphatic rings. The zero-order valence-corrected chi connectivity index (χ0v) is 37.5. The predicted octanol–water partition coefficient (Wildman–Crippen LogP) is 6.47. The van der Waals surface area contributed by atoms with Gasteiger partial charge >= 0.3 is 0 Å². The third-order valence-corrected chi connectivity index (χ3v) is 16.2. The van der Waals surface area contributed by atoms with Crippen molar-refractivity contribution in [2.75, 3.05) is 40.9 Å². The second-order valence-electron chi connectivity index (χ2n) is 21.7. The molecular formula is C46H86N4O6. The Kier molecular flexibility index (Phi) is 16.2. The normalized spacial score (nSPS) is 36.8. The van der Waals surface area contributed by atoms with Crippen molar-refractivity contribution in [2.24, 2.45) is 64.1 Å². The molecule has 10 nitrogen and oxygen atoms in total. The molecule has 0 spiro atoms. The number of aliphatic hydroxyl groups excluding tert-OH is 3. The number of aliphatic hydroxyl groups is 3. The van der Waals surface area contributed by atoms with E-state index in [1.165, 1.54) is 38.5 Å². The number of rotatable bonds is 18. The van der Waals surface area contributed by atoms with E-state index < -0.39 is 30.4 Å². The van der Waals surface area contributed by atoms with Gasteiger partial charge in [0.15, 0.2) is 0 Å². The third-order valence-electron chi connectivity index (χ3n) is 16.2. The lowest BCUT2D eigenvalue weighted by molar-refractivity contribution is -0.189. The SMILES string of the molecule is COC(C(C)CN1O[C@@H](CO)[C@@H]([C@H](C)O)[C@H]1C(=O)N[C@H]1C[C@H]2C[C@@H]([C@@H]1C)C2(C)C)C(CCC(C)(C)C)C1CC(C(O)NCCC2CCCCC2)CC(N(C)C)C1. The van der Waals surface area contributed by atoms with Crippen LogP contribution >= 0.6 is 0 Å². The molecule has 5 N–H and O–H groups in total. The molecular weight excluding hydrogens is 705 g/mol. The molecule has 1 heterocycles. The van der Waals surface area contributed by atoms with Crippen LogP contribution in [-0.2, 0) is 14.4 Å². The molecule has 5 aliphatic carbocycles. The second kappa shape index (κ2) is 19.7. The lowest BCUT2D eigenvalue weighted by atomic mass is 9.45. The summed E-state index contributed by atoms with van der Waals surface area (Å²) in [5.41, 5.74) is 0.469. The molecule has 0 aromatic rings. The van der Waals surface area contributed by atoms with E-state index in [1.807, 2.05) is 7.11 Å². The summed E-state index contributed by atoms with van der Waals surface area (Å²) in [6.07, 6.45) is 13.0. The number of hydroxylamine groups is 2. The third kappa shape index (κ3) is 10.9. The lowest BCUT2D eigenvalue weighted by Gasteiger charge is -2.62. The number of fused-ring (bicyclic) bond motifs is 2. The van der Waals surface area contributed by atoms with Crippen LogP contribution in [0.2, 0.25) is 0 Å². The van der Waals surface area contributed by atoms with Crippen LogP contribution in [0.4, 0.5) is 0 Å². The zero-order chi connectivity index (χ0) is 41.1. The van der Waals surface area contributed by atoms with Crippen molar-refractivity contribution in [3.8, 4) is 0 Å². The van der Waals surface area contributed by atoms with Gasteiger partial charge in [-0.05, 0) is 131 Å². The summed E-state index contributed by atoms with van der Waals surface area (Å²) < 4.78 is 6.55. The van der Waals surface area contributed by atoms with Gasteiger partial charge in [-0.25, -0.2) is 0 Å². The standard InChI is InChI=1S/C46H86N4O6/c1-28(26-50-41(40(30(3)52)39(27-51)56-50)44(54)48-38-25-34-24-37(29(38)2)46(34,7)8)42(55-11)36(17-19-45(4,5)6)32-21-33(23-35(22-32)49(9)10)43(53)47-20-18-31-15-13-12-14-16-31/h28-43,47,51-53H,12-27H2,1-11H3,(H,48,54)/t28?,29-,30-,32?,33?,34+,35?,36?,37-,38-,39-,40+,41-,42?,43?/m0/s1. The molecule has 5 saturated carbocycles. The number of amides is 1. The molecule has 56 heavy (non-hydrogen) atoms. The van der Waals surface area contributed by atoms with Gasteiger partial charge in [-0.2, -0.15) is 5.06 Å². The van der Waals surface area contributed by atoms with E-state index in [0.717, 1.165) is 57.4 Å². The van der Waals surface area contributed by atoms with E-state index in [4.69, 9.17) is 9.57 Å². The van der Waals surface area contributed by atoms with Crippen molar-refractivity contribution in [1.29, 1.82) is 0 Å². The first-order valence-corrected chi connectivity index (χ1v) is 23.0. The lowest BCUT2D eigenvalue weighted by Crippen LogP contribution is -2.62. The molecule has 0 aromatic heterocycles. The molecule has 1 aliphatic heterocycles. The molecule has 15 atom stereocenters. The van der Waals surface area contributed by atoms with Crippen LogP contribution in [0, 0.1) is 64.1 Å². The number of ether oxygens (including phenoxy) is 1. The fourth-order valence-electron chi connectivity index (χ4n) is 12.5. The molecule has 1 saturated heterocycles. The van der Waals surface area contributed by atoms with E-state index in [9.17, 15) is 20.1 Å². The Morgan fingerprint density at radius 3 is 2.27 bits per heavy atom. The Balaban J connectivity index is 1.33. The monoisotopic (exact) mass is 791 g/mol. The minimum atomic E-state index is -0.832. The van der Waals surface area contributed by atoms with Crippen LogP contribution in [0.1, 0.15) is 139 Å². The van der Waals surface area contributed by atoms with Gasteiger partial charge in [-0.1, -0.05) is 80.6 Å². The molecule has 6 rings (SSSR count). The summed E-state index contributed by atoms with van der Waals surface area (Å²) in [5.74, 6) is 2.44. The van der Waals surface area contributed by atoms with Crippen molar-refractivity contribution in [2.45, 2.75) is 182 Å². The summed E-state index contributed by atoms with van der Waals surface area (Å²) in [6, 6.07) is -0.258. The number of carbonyl (C=O) groups is 1. The molecule has 1 amide bonds. The maximum atomic E-state index is 14.4. The van der Waals surface area contributed by atoms with Gasteiger partial charge in [-0.15, -0.1) is 0 Å². The molecule has 6 fully saturated rings. The zero-order valence-electron chi connectivity index (χ0n) is 37.5. The van der Waals surface area contributed by atoms with E-state index in [2.05, 4.69) is 78.1 Å². The van der Waals surface area contributed by atoms with Crippen molar-refractivity contribution < 1.29 is 29.7 Å². The van der Waals surface area contributed by atoms with Crippen LogP contribution in [0.25, 0.3) is 0 Å². The Morgan fingerprint density at radius 2 is 1.70 bits per heavy atom. The predicted molar refractivity (Wildman–Crippen MR) is 224 cm³/mol. The highest BCUT2D eigenvalue weighted by atomic mass is 16.7. The maximum absolute atomic E-state index is 14.4. The van der Waals surface area contributed by atoms with Gasteiger partial charge in [-0.3, -0.25) is 14.9 Å². The minimum absolute atomic E-state index is 0.00821. The first kappa shape index (κ1) is 46.2. The summed E-state index contributed by atoms with van der Waals surface area (Å²) in [5, 5.41) is 42.0. The van der Waals surface area contributed by atoms with Crippen LogP contribution in [0.3, 0.4) is 0 Å². The van der Waals surface area contributed by atoms with Crippen molar-refractivity contribution in [3.63, 3.8) is 0 Å². The average molecular weight is 791 g/mol. The maximum Gasteiger partial charge on any atom is 0.240 e. The summed E-state index contributed by atoms with van der Waals surface area (Å²) in [7, 11) is 6.19. The quantitative estimate of drug-likeness (QED) is 0.0995. The van der Waals surface area contributed by atoms with E-state index in [-0.39, 0.29) is 47.8 Å². The van der Waals surface area contributed by atoms with Crippen LogP contribution in [-0.4, -0.2) is 115 Å². The first-order valence-electron chi connectivity index (χ1n) is 23.0. The molecule has 10 heteroatoms. The topological polar surface area (TPSA) is 127 Å². The first-order chi connectivity index (χ1) is 26.4. The number of hydrogen-bond donors (Lipinski definition) is 5. The van der Waals surface area contributed by atoms with Gasteiger partial charge in [0.2, 0.25) is 5.91 Å². The highest BCUT2D eigenvalue weighted by molar-refractivity contribution is 5.82. The molecule has 0 radical (unpaired) electrons. The van der Waals surface area contributed by atoms with Crippen LogP contribution < -0.4 is 10.6 Å². The van der Waals surface area contributed by atoms with Crippen molar-refractivity contribution in [3.05, 3.63) is 0 Å². The highest BCUT2D eigenvalue weighted by Gasteiger charge is 2.57. The summed E-state index contributed by atoms with van der Waals surface area (Å²) in [6.45, 7) is 18.9. The minimum Gasteiger partial charge on any atom is -0.394 e. The van der Waals surface area contributed by atoms with E-state index in [0.29, 0.717) is 41.7 Å². The Bertz CT molecular complexity index is 1220. The van der Waals surface area contributed by atoms with E-state index >= 15 is 0 Å². The molecule has 7 unspecified atom stereocenters. The largest absolute Gasteiger partial charge is 0.394 e. The van der Waals surface area contributed by atoms with Crippen molar-refractivity contribution >= 4 is 5.91 Å².